The van der Waals surface area contributed by atoms with Gasteiger partial charge in [0.25, 0.3) is 10.0 Å². The number of carbonyl (C=O) groups is 1. The van der Waals surface area contributed by atoms with Gasteiger partial charge in [0.15, 0.2) is 0 Å². The second-order valence-corrected chi connectivity index (χ2v) is 10.5. The maximum absolute atomic E-state index is 13.4. The second-order valence-electron chi connectivity index (χ2n) is 7.54. The number of hydrogen-bond acceptors (Lipinski definition) is 6. The van der Waals surface area contributed by atoms with Gasteiger partial charge < -0.3 is 9.63 Å². The van der Waals surface area contributed by atoms with Crippen LogP contribution in [0.1, 0.15) is 31.1 Å². The Balaban J connectivity index is 1.62. The van der Waals surface area contributed by atoms with Gasteiger partial charge in [0.1, 0.15) is 15.4 Å². The number of carboxylic acids is 1. The van der Waals surface area contributed by atoms with Crippen LogP contribution >= 0.6 is 11.3 Å². The van der Waals surface area contributed by atoms with Crippen LogP contribution in [0.3, 0.4) is 0 Å². The van der Waals surface area contributed by atoms with E-state index < -0.39 is 45.1 Å². The molecule has 4 rings (SSSR count). The van der Waals surface area contributed by atoms with Gasteiger partial charge in [-0.25, -0.2) is 8.42 Å². The Hall–Kier alpha value is -2.63. The molecule has 2 heterocycles. The molecule has 11 heteroatoms. The number of halogens is 2. The van der Waals surface area contributed by atoms with Crippen LogP contribution in [0.4, 0.5) is 8.78 Å². The fraction of sp³-hybridized carbons (Fsp3) is 0.300. The molecule has 1 saturated carbocycles. The van der Waals surface area contributed by atoms with E-state index in [9.17, 15) is 27.1 Å². The van der Waals surface area contributed by atoms with Crippen molar-refractivity contribution in [2.75, 3.05) is 0 Å². The highest BCUT2D eigenvalue weighted by Crippen LogP contribution is 2.58. The third-order valence-electron chi connectivity index (χ3n) is 5.46. The average Bonchev–Trinajstić information content (AvgIpc) is 3.13. The predicted octanol–water partition coefficient (Wildman–Crippen LogP) is 4.05. The van der Waals surface area contributed by atoms with Crippen LogP contribution < -0.4 is 4.72 Å². The van der Waals surface area contributed by atoms with E-state index in [4.69, 9.17) is 0 Å². The maximum atomic E-state index is 13.4. The van der Waals surface area contributed by atoms with E-state index in [2.05, 4.69) is 14.4 Å². The molecule has 2 N–H and O–H groups in total. The molecule has 1 unspecified atom stereocenters. The summed E-state index contributed by atoms with van der Waals surface area (Å²) in [6, 6.07) is 12.6. The number of aliphatic carboxylic acids is 1. The topological polar surface area (TPSA) is 110 Å². The van der Waals surface area contributed by atoms with E-state index in [1.54, 1.807) is 37.3 Å². The number of thiophene rings is 1. The molecule has 1 fully saturated rings. The molecule has 1 aliphatic rings. The van der Waals surface area contributed by atoms with Crippen molar-refractivity contribution in [3.8, 4) is 10.6 Å². The van der Waals surface area contributed by atoms with Gasteiger partial charge in [-0.1, -0.05) is 42.4 Å². The van der Waals surface area contributed by atoms with Gasteiger partial charge in [-0.3, -0.25) is 4.79 Å². The molecule has 0 aliphatic heterocycles. The van der Waals surface area contributed by atoms with Gasteiger partial charge in [-0.15, -0.1) is 11.3 Å². The van der Waals surface area contributed by atoms with Gasteiger partial charge in [0.05, 0.1) is 4.88 Å². The summed E-state index contributed by atoms with van der Waals surface area (Å²) in [6.07, 6.45) is 0. The summed E-state index contributed by atoms with van der Waals surface area (Å²) >= 11 is 0.785. The average molecular weight is 469 g/mol. The zero-order chi connectivity index (χ0) is 22.6. The first-order valence-corrected chi connectivity index (χ1v) is 11.5. The minimum absolute atomic E-state index is 0.0675. The molecule has 1 aliphatic carbocycles. The van der Waals surface area contributed by atoms with Gasteiger partial charge in [0, 0.05) is 18.9 Å². The first kappa shape index (κ1) is 21.6. The van der Waals surface area contributed by atoms with Gasteiger partial charge >= 0.3 is 11.9 Å². The summed E-state index contributed by atoms with van der Waals surface area (Å²) in [5.74, 6) is -6.11. The number of carboxylic acid groups (broad SMARTS) is 1. The smallest absolute Gasteiger partial charge is 0.325 e. The summed E-state index contributed by atoms with van der Waals surface area (Å²) in [6.45, 7) is 2.34. The third kappa shape index (κ3) is 3.66. The van der Waals surface area contributed by atoms with E-state index in [-0.39, 0.29) is 9.90 Å². The Labute approximate surface area is 180 Å². The molecule has 31 heavy (non-hydrogen) atoms. The van der Waals surface area contributed by atoms with Crippen LogP contribution in [-0.2, 0) is 20.7 Å². The molecule has 0 radical (unpaired) electrons. The summed E-state index contributed by atoms with van der Waals surface area (Å²) in [4.78, 5) is 12.4. The lowest BCUT2D eigenvalue weighted by molar-refractivity contribution is -0.140. The minimum atomic E-state index is -4.20. The van der Waals surface area contributed by atoms with Crippen molar-refractivity contribution in [3.63, 3.8) is 0 Å². The standard InChI is InChI=1S/C20H18F2N2O5S2/c1-11-17(12-6-4-3-5-7-12)20(11,18(25)26)24-31(27,28)16-9-8-14(30-16)13-10-15(29-23-13)19(2,21)22/h3-11,17,24H,1-2H3,(H,25,26)/t11?,17-,20+/m1/s1. The highest BCUT2D eigenvalue weighted by atomic mass is 32.2. The Kier molecular flexibility index (Phi) is 5.02. The number of benzene rings is 1. The summed E-state index contributed by atoms with van der Waals surface area (Å²) in [5, 5.41) is 13.4. The fourth-order valence-electron chi connectivity index (χ4n) is 3.77. The van der Waals surface area contributed by atoms with Crippen molar-refractivity contribution in [1.29, 1.82) is 0 Å². The highest BCUT2D eigenvalue weighted by Gasteiger charge is 2.70. The Morgan fingerprint density at radius 1 is 1.26 bits per heavy atom. The molecule has 164 valence electrons. The van der Waals surface area contributed by atoms with E-state index in [0.29, 0.717) is 11.8 Å². The van der Waals surface area contributed by atoms with E-state index >= 15 is 0 Å². The molecular weight excluding hydrogens is 450 g/mol. The Morgan fingerprint density at radius 3 is 2.52 bits per heavy atom. The molecule has 0 saturated heterocycles. The normalized spacial score (nSPS) is 23.6. The lowest BCUT2D eigenvalue weighted by atomic mass is 10.1. The van der Waals surface area contributed by atoms with Crippen LogP contribution in [0.5, 0.6) is 0 Å². The number of sulfonamides is 1. The molecule has 1 aromatic carbocycles. The number of alkyl halides is 2. The zero-order valence-electron chi connectivity index (χ0n) is 16.4. The lowest BCUT2D eigenvalue weighted by Gasteiger charge is -2.15. The first-order valence-electron chi connectivity index (χ1n) is 9.24. The lowest BCUT2D eigenvalue weighted by Crippen LogP contribution is -2.45. The van der Waals surface area contributed by atoms with Gasteiger partial charge in [-0.05, 0) is 23.6 Å². The van der Waals surface area contributed by atoms with E-state index in [0.717, 1.165) is 23.0 Å². The quantitative estimate of drug-likeness (QED) is 0.541. The van der Waals surface area contributed by atoms with Crippen LogP contribution in [0.2, 0.25) is 0 Å². The number of rotatable bonds is 7. The molecular formula is C20H18F2N2O5S2. The number of aromatic nitrogens is 1. The van der Waals surface area contributed by atoms with E-state index in [1.807, 2.05) is 0 Å². The van der Waals surface area contributed by atoms with Crippen molar-refractivity contribution in [3.05, 3.63) is 59.9 Å². The summed E-state index contributed by atoms with van der Waals surface area (Å²) < 4.78 is 59.6. The molecule has 0 spiro atoms. The van der Waals surface area contributed by atoms with Gasteiger partial charge in [-0.2, -0.15) is 13.5 Å². The number of nitrogens with zero attached hydrogens (tertiary/aromatic N) is 1. The van der Waals surface area contributed by atoms with Crippen molar-refractivity contribution >= 4 is 27.3 Å². The second kappa shape index (κ2) is 7.21. The highest BCUT2D eigenvalue weighted by molar-refractivity contribution is 7.91. The van der Waals surface area contributed by atoms with Crippen LogP contribution in [0.25, 0.3) is 10.6 Å². The van der Waals surface area contributed by atoms with Crippen LogP contribution in [0.15, 0.2) is 57.3 Å². The zero-order valence-corrected chi connectivity index (χ0v) is 18.0. The van der Waals surface area contributed by atoms with Crippen molar-refractivity contribution in [1.82, 2.24) is 9.88 Å². The van der Waals surface area contributed by atoms with Crippen molar-refractivity contribution < 1.29 is 31.6 Å². The number of nitrogens with one attached hydrogen (secondary N) is 1. The molecule has 3 aromatic rings. The maximum Gasteiger partial charge on any atom is 0.325 e. The van der Waals surface area contributed by atoms with Crippen LogP contribution in [-0.4, -0.2) is 30.2 Å². The van der Waals surface area contributed by atoms with Gasteiger partial charge in [0.2, 0.25) is 5.76 Å². The predicted molar refractivity (Wildman–Crippen MR) is 108 cm³/mol. The summed E-state index contributed by atoms with van der Waals surface area (Å²) in [5.41, 5.74) is -0.879. The Morgan fingerprint density at radius 2 is 1.94 bits per heavy atom. The minimum Gasteiger partial charge on any atom is -0.480 e. The van der Waals surface area contributed by atoms with Crippen LogP contribution in [0, 0.1) is 5.92 Å². The van der Waals surface area contributed by atoms with E-state index in [1.165, 1.54) is 12.1 Å². The number of hydrogen-bond donors (Lipinski definition) is 2. The van der Waals surface area contributed by atoms with Crippen molar-refractivity contribution in [2.24, 2.45) is 5.92 Å². The Bertz CT molecular complexity index is 1230. The largest absolute Gasteiger partial charge is 0.480 e. The molecule has 7 nitrogen and oxygen atoms in total. The fourth-order valence-corrected chi connectivity index (χ4v) is 6.49. The SMILES string of the molecule is CC1[C@H](c2ccccc2)[C@]1(NS(=O)(=O)c1ccc(-c2cc(C(C)(F)F)on2)s1)C(=O)O. The monoisotopic (exact) mass is 468 g/mol. The molecule has 0 amide bonds. The molecule has 3 atom stereocenters. The van der Waals surface area contributed by atoms with Crippen molar-refractivity contribution in [2.45, 2.75) is 35.4 Å². The molecule has 2 aromatic heterocycles. The molecule has 0 bridgehead atoms. The first-order chi connectivity index (χ1) is 14.5. The third-order valence-corrected chi connectivity index (χ3v) is 8.54. The summed E-state index contributed by atoms with van der Waals surface area (Å²) in [7, 11) is -4.20.